The van der Waals surface area contributed by atoms with Crippen LogP contribution in [-0.4, -0.2) is 19.1 Å². The van der Waals surface area contributed by atoms with Gasteiger partial charge < -0.3 is 9.87 Å². The van der Waals surface area contributed by atoms with Crippen LogP contribution >= 0.6 is 0 Å². The number of benzene rings is 1. The zero-order chi connectivity index (χ0) is 21.7. The first-order valence-electron chi connectivity index (χ1n) is 12.1. The van der Waals surface area contributed by atoms with E-state index in [9.17, 15) is 13.0 Å². The first-order chi connectivity index (χ1) is 14.5. The van der Waals surface area contributed by atoms with E-state index in [0.29, 0.717) is 12.1 Å². The normalized spacial score (nSPS) is 15.4. The standard InChI is InChI=1S/C24H42N2O3S.Na/c1-2-3-4-5-6-7-8-9-10-11-12-13-14-15-16-21-24-25-22-19-17-18-20-23(22)26(24)30(27,28)29;/h17-20,24-25H,2-16,21H2,1H3,(H,27,28,29);/q;+1/p-1. The van der Waals surface area contributed by atoms with Crippen LogP contribution in [0.25, 0.3) is 0 Å². The Bertz CT molecular complexity index is 700. The van der Waals surface area contributed by atoms with Gasteiger partial charge >= 0.3 is 29.6 Å². The molecule has 1 heterocycles. The number of fused-ring (bicyclic) bond motifs is 1. The molecule has 0 aliphatic carbocycles. The summed E-state index contributed by atoms with van der Waals surface area (Å²) < 4.78 is 36.1. The van der Waals surface area contributed by atoms with Crippen LogP contribution in [0.1, 0.15) is 110 Å². The molecule has 1 unspecified atom stereocenters. The number of rotatable bonds is 17. The van der Waals surface area contributed by atoms with E-state index in [2.05, 4.69) is 12.2 Å². The molecule has 0 spiro atoms. The van der Waals surface area contributed by atoms with Crippen molar-refractivity contribution in [3.05, 3.63) is 24.3 Å². The summed E-state index contributed by atoms with van der Waals surface area (Å²) in [5.41, 5.74) is 1.20. The topological polar surface area (TPSA) is 72.5 Å². The molecule has 172 valence electrons. The summed E-state index contributed by atoms with van der Waals surface area (Å²) in [5, 5.41) is 3.19. The molecule has 1 aliphatic rings. The molecule has 1 atom stereocenters. The summed E-state index contributed by atoms with van der Waals surface area (Å²) in [5.74, 6) is 0. The fraction of sp³-hybridized carbons (Fsp3) is 0.750. The number of nitrogens with zero attached hydrogens (tertiary/aromatic N) is 1. The van der Waals surface area contributed by atoms with Crippen LogP contribution in [0.3, 0.4) is 0 Å². The summed E-state index contributed by atoms with van der Waals surface area (Å²) in [6, 6.07) is 7.11. The monoisotopic (exact) mass is 460 g/mol. The zero-order valence-corrected chi connectivity index (χ0v) is 22.6. The number of para-hydroxylation sites is 2. The van der Waals surface area contributed by atoms with Gasteiger partial charge in [-0.05, 0) is 25.0 Å². The second-order valence-corrected chi connectivity index (χ2v) is 9.92. The van der Waals surface area contributed by atoms with E-state index in [0.717, 1.165) is 22.8 Å². The van der Waals surface area contributed by atoms with E-state index in [1.165, 1.54) is 83.5 Å². The molecule has 31 heavy (non-hydrogen) atoms. The second-order valence-electron chi connectivity index (χ2n) is 8.67. The van der Waals surface area contributed by atoms with E-state index >= 15 is 0 Å². The third-order valence-corrected chi connectivity index (χ3v) is 7.00. The van der Waals surface area contributed by atoms with Gasteiger partial charge in [-0.25, -0.2) is 8.42 Å². The molecule has 0 amide bonds. The van der Waals surface area contributed by atoms with Crippen LogP contribution in [0.15, 0.2) is 24.3 Å². The zero-order valence-electron chi connectivity index (χ0n) is 19.8. The van der Waals surface area contributed by atoms with Gasteiger partial charge in [-0.1, -0.05) is 109 Å². The van der Waals surface area contributed by atoms with Gasteiger partial charge in [0, 0.05) is 0 Å². The van der Waals surface area contributed by atoms with Crippen molar-refractivity contribution >= 4 is 21.7 Å². The van der Waals surface area contributed by atoms with Crippen LogP contribution in [0.4, 0.5) is 11.4 Å². The van der Waals surface area contributed by atoms with Crippen molar-refractivity contribution in [2.24, 2.45) is 0 Å². The number of anilines is 2. The van der Waals surface area contributed by atoms with Gasteiger partial charge in [0.25, 0.3) is 0 Å². The van der Waals surface area contributed by atoms with Crippen molar-refractivity contribution < 1.29 is 42.5 Å². The Labute approximate surface area is 212 Å². The van der Waals surface area contributed by atoms with E-state index in [1.807, 2.05) is 12.1 Å². The predicted molar refractivity (Wildman–Crippen MR) is 126 cm³/mol. The molecule has 0 fully saturated rings. The molecular formula is C24H41N2NaO3S. The first-order valence-corrected chi connectivity index (χ1v) is 13.5. The molecule has 1 aromatic rings. The molecule has 5 nitrogen and oxygen atoms in total. The minimum atomic E-state index is -4.51. The molecule has 7 heteroatoms. The molecule has 0 radical (unpaired) electrons. The number of nitrogens with one attached hydrogen (secondary N) is 1. The Balaban J connectivity index is 0.00000480. The molecule has 0 saturated heterocycles. The van der Waals surface area contributed by atoms with Crippen molar-refractivity contribution in [3.63, 3.8) is 0 Å². The van der Waals surface area contributed by atoms with Crippen LogP contribution in [0.2, 0.25) is 0 Å². The fourth-order valence-corrected chi connectivity index (χ4v) is 5.24. The van der Waals surface area contributed by atoms with Gasteiger partial charge in [-0.3, -0.25) is 4.31 Å². The third kappa shape index (κ3) is 10.9. The SMILES string of the molecule is CCCCCCCCCCCCCCCCCC1Nc2ccccc2N1S(=O)(=O)[O-].[Na+]. The molecule has 2 rings (SSSR count). The van der Waals surface area contributed by atoms with Crippen molar-refractivity contribution in [2.45, 2.75) is 116 Å². The quantitative estimate of drug-likeness (QED) is 0.217. The van der Waals surface area contributed by atoms with Crippen molar-refractivity contribution in [1.29, 1.82) is 0 Å². The smallest absolute Gasteiger partial charge is 0.731 e. The number of hydrogen-bond donors (Lipinski definition) is 1. The maximum absolute atomic E-state index is 11.7. The van der Waals surface area contributed by atoms with Gasteiger partial charge in [0.05, 0.1) is 11.4 Å². The van der Waals surface area contributed by atoms with E-state index in [1.54, 1.807) is 12.1 Å². The molecule has 1 N–H and O–H groups in total. The van der Waals surface area contributed by atoms with Gasteiger partial charge in [-0.15, -0.1) is 0 Å². The summed E-state index contributed by atoms with van der Waals surface area (Å²) >= 11 is 0. The fourth-order valence-electron chi connectivity index (χ4n) is 4.37. The largest absolute Gasteiger partial charge is 1.00 e. The molecule has 1 aliphatic heterocycles. The molecular weight excluding hydrogens is 419 g/mol. The molecule has 0 saturated carbocycles. The summed E-state index contributed by atoms with van der Waals surface area (Å²) in [7, 11) is -4.51. The van der Waals surface area contributed by atoms with Crippen molar-refractivity contribution in [3.8, 4) is 0 Å². The summed E-state index contributed by atoms with van der Waals surface area (Å²) in [4.78, 5) is 0. The predicted octanol–water partition coefficient (Wildman–Crippen LogP) is 3.97. The summed E-state index contributed by atoms with van der Waals surface area (Å²) in [6.07, 6.45) is 19.7. The first kappa shape index (κ1) is 28.8. The average molecular weight is 461 g/mol. The third-order valence-electron chi connectivity index (χ3n) is 6.07. The van der Waals surface area contributed by atoms with Gasteiger partial charge in [0.15, 0.2) is 10.3 Å². The maximum atomic E-state index is 11.7. The van der Waals surface area contributed by atoms with Crippen LogP contribution in [0, 0.1) is 0 Å². The molecule has 0 aromatic heterocycles. The van der Waals surface area contributed by atoms with Crippen LogP contribution in [0.5, 0.6) is 0 Å². The van der Waals surface area contributed by atoms with Gasteiger partial charge in [-0.2, -0.15) is 0 Å². The van der Waals surface area contributed by atoms with E-state index in [-0.39, 0.29) is 29.6 Å². The Morgan fingerprint density at radius 3 is 1.74 bits per heavy atom. The maximum Gasteiger partial charge on any atom is 1.00 e. The summed E-state index contributed by atoms with van der Waals surface area (Å²) in [6.45, 7) is 2.26. The Kier molecular flexibility index (Phi) is 15.2. The minimum absolute atomic E-state index is 0. The van der Waals surface area contributed by atoms with Crippen molar-refractivity contribution in [1.82, 2.24) is 0 Å². The Morgan fingerprint density at radius 1 is 0.806 bits per heavy atom. The number of hydrogen-bond acceptors (Lipinski definition) is 4. The van der Waals surface area contributed by atoms with E-state index < -0.39 is 16.5 Å². The van der Waals surface area contributed by atoms with Crippen LogP contribution in [-0.2, 0) is 10.3 Å². The average Bonchev–Trinajstić information content (AvgIpc) is 3.09. The van der Waals surface area contributed by atoms with Gasteiger partial charge in [0.2, 0.25) is 0 Å². The van der Waals surface area contributed by atoms with Crippen LogP contribution < -0.4 is 39.2 Å². The van der Waals surface area contributed by atoms with Crippen molar-refractivity contribution in [2.75, 3.05) is 9.62 Å². The Hall–Kier alpha value is -0.270. The van der Waals surface area contributed by atoms with Gasteiger partial charge in [0.1, 0.15) is 6.17 Å². The second kappa shape index (κ2) is 16.4. The minimum Gasteiger partial charge on any atom is -0.731 e. The Morgan fingerprint density at radius 2 is 1.26 bits per heavy atom. The molecule has 1 aromatic carbocycles. The number of unbranched alkanes of at least 4 members (excludes halogenated alkanes) is 14. The molecule has 0 bridgehead atoms. The van der Waals surface area contributed by atoms with E-state index in [4.69, 9.17) is 0 Å².